The molecule has 1 rings (SSSR count). The number of carbonyl (C=O) groups is 1. The van der Waals surface area contributed by atoms with Crippen molar-refractivity contribution in [3.8, 4) is 0 Å². The lowest BCUT2D eigenvalue weighted by Crippen LogP contribution is -2.53. The number of rotatable bonds is 4. The van der Waals surface area contributed by atoms with E-state index in [-0.39, 0.29) is 12.1 Å². The Morgan fingerprint density at radius 3 is 2.44 bits per heavy atom. The molecule has 1 heterocycles. The van der Waals surface area contributed by atoms with Crippen LogP contribution < -0.4 is 11.1 Å². The van der Waals surface area contributed by atoms with Crippen LogP contribution in [0.2, 0.25) is 0 Å². The van der Waals surface area contributed by atoms with Crippen molar-refractivity contribution >= 4 is 6.03 Å². The molecular formula is C11H24N4O. The number of carbonyl (C=O) groups excluding carboxylic acids is 1. The van der Waals surface area contributed by atoms with Crippen molar-refractivity contribution in [1.29, 1.82) is 0 Å². The molecule has 0 aromatic heterocycles. The molecule has 1 aliphatic heterocycles. The number of nitrogens with zero attached hydrogens (tertiary/aromatic N) is 2. The minimum atomic E-state index is 0.0634. The van der Waals surface area contributed by atoms with E-state index >= 15 is 0 Å². The number of hydrogen-bond donors (Lipinski definition) is 2. The van der Waals surface area contributed by atoms with Gasteiger partial charge in [-0.25, -0.2) is 4.79 Å². The smallest absolute Gasteiger partial charge is 0.317 e. The van der Waals surface area contributed by atoms with E-state index in [1.165, 1.54) is 0 Å². The largest absolute Gasteiger partial charge is 0.336 e. The molecule has 94 valence electrons. The predicted molar refractivity (Wildman–Crippen MR) is 65.4 cm³/mol. The minimum absolute atomic E-state index is 0.0634. The summed E-state index contributed by atoms with van der Waals surface area (Å²) < 4.78 is 0. The number of piperazine rings is 1. The molecule has 0 bridgehead atoms. The van der Waals surface area contributed by atoms with Crippen LogP contribution in [0.5, 0.6) is 0 Å². The Morgan fingerprint density at radius 2 is 1.94 bits per heavy atom. The maximum absolute atomic E-state index is 11.7. The van der Waals surface area contributed by atoms with Crippen LogP contribution in [0.25, 0.3) is 0 Å². The highest BCUT2D eigenvalue weighted by atomic mass is 16.2. The van der Waals surface area contributed by atoms with Gasteiger partial charge in [-0.15, -0.1) is 0 Å². The lowest BCUT2D eigenvalue weighted by Gasteiger charge is -2.35. The lowest BCUT2D eigenvalue weighted by molar-refractivity contribution is 0.137. The zero-order valence-electron chi connectivity index (χ0n) is 10.4. The molecule has 0 aliphatic carbocycles. The number of hydrogen-bond acceptors (Lipinski definition) is 3. The molecule has 5 nitrogen and oxygen atoms in total. The van der Waals surface area contributed by atoms with Crippen LogP contribution in [0, 0.1) is 0 Å². The third kappa shape index (κ3) is 4.37. The summed E-state index contributed by atoms with van der Waals surface area (Å²) >= 11 is 0. The molecule has 0 atom stereocenters. The Bertz CT molecular complexity index is 212. The van der Waals surface area contributed by atoms with E-state index in [0.29, 0.717) is 0 Å². The van der Waals surface area contributed by atoms with Gasteiger partial charge in [0, 0.05) is 32.2 Å². The van der Waals surface area contributed by atoms with Crippen LogP contribution in [-0.4, -0.2) is 61.1 Å². The van der Waals surface area contributed by atoms with Crippen LogP contribution in [0.15, 0.2) is 0 Å². The average Bonchev–Trinajstić information content (AvgIpc) is 2.26. The Hall–Kier alpha value is -0.810. The summed E-state index contributed by atoms with van der Waals surface area (Å²) in [5, 5.41) is 2.92. The summed E-state index contributed by atoms with van der Waals surface area (Å²) in [7, 11) is 0. The average molecular weight is 228 g/mol. The maximum Gasteiger partial charge on any atom is 0.317 e. The van der Waals surface area contributed by atoms with Gasteiger partial charge < -0.3 is 16.0 Å². The Morgan fingerprint density at radius 1 is 1.31 bits per heavy atom. The molecule has 1 aliphatic rings. The fourth-order valence-electron chi connectivity index (χ4n) is 1.83. The van der Waals surface area contributed by atoms with E-state index in [0.717, 1.165) is 45.7 Å². The van der Waals surface area contributed by atoms with Gasteiger partial charge in [0.25, 0.3) is 0 Å². The standard InChI is InChI=1S/C11H24N4O/c1-10(2)13-11(16)15-8-6-14(7-9-15)5-3-4-12/h10H,3-9,12H2,1-2H3,(H,13,16). The van der Waals surface area contributed by atoms with Crippen molar-refractivity contribution in [2.75, 3.05) is 39.3 Å². The number of nitrogens with two attached hydrogens (primary N) is 1. The van der Waals surface area contributed by atoms with E-state index in [1.807, 2.05) is 18.7 Å². The molecule has 0 aromatic rings. The second-order valence-electron chi connectivity index (χ2n) is 4.58. The zero-order chi connectivity index (χ0) is 12.0. The molecule has 1 saturated heterocycles. The van der Waals surface area contributed by atoms with Crippen LogP contribution in [0.3, 0.4) is 0 Å². The fourth-order valence-corrected chi connectivity index (χ4v) is 1.83. The van der Waals surface area contributed by atoms with E-state index in [1.54, 1.807) is 0 Å². The van der Waals surface area contributed by atoms with Crippen molar-refractivity contribution in [2.24, 2.45) is 5.73 Å². The quantitative estimate of drug-likeness (QED) is 0.716. The van der Waals surface area contributed by atoms with Crippen molar-refractivity contribution < 1.29 is 4.79 Å². The lowest BCUT2D eigenvalue weighted by atomic mass is 10.3. The molecule has 0 spiro atoms. The van der Waals surface area contributed by atoms with Gasteiger partial charge in [0.05, 0.1) is 0 Å². The van der Waals surface area contributed by atoms with Crippen molar-refractivity contribution in [3.05, 3.63) is 0 Å². The first kappa shape index (κ1) is 13.3. The van der Waals surface area contributed by atoms with Gasteiger partial charge in [-0.3, -0.25) is 4.90 Å². The normalized spacial score (nSPS) is 17.9. The third-order valence-electron chi connectivity index (χ3n) is 2.75. The molecule has 5 heteroatoms. The summed E-state index contributed by atoms with van der Waals surface area (Å²) in [6, 6.07) is 0.274. The molecule has 0 radical (unpaired) electrons. The molecule has 0 saturated carbocycles. The molecule has 1 fully saturated rings. The van der Waals surface area contributed by atoms with Gasteiger partial charge in [0.1, 0.15) is 0 Å². The zero-order valence-corrected chi connectivity index (χ0v) is 10.4. The Kier molecular flexibility index (Phi) is 5.55. The molecular weight excluding hydrogens is 204 g/mol. The molecule has 3 N–H and O–H groups in total. The summed E-state index contributed by atoms with van der Waals surface area (Å²) in [6.07, 6.45) is 1.04. The maximum atomic E-state index is 11.7. The summed E-state index contributed by atoms with van der Waals surface area (Å²) in [4.78, 5) is 16.0. The van der Waals surface area contributed by atoms with Crippen molar-refractivity contribution in [3.63, 3.8) is 0 Å². The SMILES string of the molecule is CC(C)NC(=O)N1CCN(CCCN)CC1. The molecule has 0 unspecified atom stereocenters. The van der Waals surface area contributed by atoms with Crippen LogP contribution in [0.4, 0.5) is 4.79 Å². The predicted octanol–water partition coefficient (Wildman–Crippen LogP) is 0.0708. The Balaban J connectivity index is 2.23. The molecule has 2 amide bonds. The van der Waals surface area contributed by atoms with Crippen LogP contribution >= 0.6 is 0 Å². The molecule has 0 aromatic carbocycles. The van der Waals surface area contributed by atoms with E-state index in [9.17, 15) is 4.79 Å². The van der Waals surface area contributed by atoms with Crippen molar-refractivity contribution in [2.45, 2.75) is 26.3 Å². The van der Waals surface area contributed by atoms with Gasteiger partial charge in [-0.1, -0.05) is 0 Å². The van der Waals surface area contributed by atoms with Crippen LogP contribution in [-0.2, 0) is 0 Å². The van der Waals surface area contributed by atoms with Gasteiger partial charge in [0.2, 0.25) is 0 Å². The fraction of sp³-hybridized carbons (Fsp3) is 0.909. The Labute approximate surface area is 98.0 Å². The number of nitrogens with one attached hydrogen (secondary N) is 1. The van der Waals surface area contributed by atoms with Gasteiger partial charge in [-0.2, -0.15) is 0 Å². The van der Waals surface area contributed by atoms with Gasteiger partial charge >= 0.3 is 6.03 Å². The van der Waals surface area contributed by atoms with Crippen LogP contribution in [0.1, 0.15) is 20.3 Å². The summed E-state index contributed by atoms with van der Waals surface area (Å²) in [5.74, 6) is 0. The highest BCUT2D eigenvalue weighted by molar-refractivity contribution is 5.74. The van der Waals surface area contributed by atoms with Gasteiger partial charge in [-0.05, 0) is 33.4 Å². The van der Waals surface area contributed by atoms with E-state index < -0.39 is 0 Å². The first-order valence-electron chi connectivity index (χ1n) is 6.11. The number of urea groups is 1. The molecule has 16 heavy (non-hydrogen) atoms. The second-order valence-corrected chi connectivity index (χ2v) is 4.58. The highest BCUT2D eigenvalue weighted by Gasteiger charge is 2.20. The first-order chi connectivity index (χ1) is 7.63. The van der Waals surface area contributed by atoms with Crippen molar-refractivity contribution in [1.82, 2.24) is 15.1 Å². The minimum Gasteiger partial charge on any atom is -0.336 e. The highest BCUT2D eigenvalue weighted by Crippen LogP contribution is 2.02. The summed E-state index contributed by atoms with van der Waals surface area (Å²) in [5.41, 5.74) is 5.47. The third-order valence-corrected chi connectivity index (χ3v) is 2.75. The van der Waals surface area contributed by atoms with E-state index in [4.69, 9.17) is 5.73 Å². The second kappa shape index (κ2) is 6.70. The monoisotopic (exact) mass is 228 g/mol. The topological polar surface area (TPSA) is 61.6 Å². The van der Waals surface area contributed by atoms with Gasteiger partial charge in [0.15, 0.2) is 0 Å². The first-order valence-corrected chi connectivity index (χ1v) is 6.11. The van der Waals surface area contributed by atoms with E-state index in [2.05, 4.69) is 10.2 Å². The number of amides is 2. The summed E-state index contributed by atoms with van der Waals surface area (Å²) in [6.45, 7) is 9.33.